The molecule has 2 nitrogen and oxygen atoms in total. The van der Waals surface area contributed by atoms with Crippen LogP contribution in [0.15, 0.2) is 28.7 Å². The summed E-state index contributed by atoms with van der Waals surface area (Å²) in [4.78, 5) is 2.61. The standard InChI is InChI=1S/C16H25BrN2/c1-16(2,3)18-11-15-5-4-10-19(15)12-13-6-8-14(17)9-7-13/h6-9,15,18H,4-5,10-12H2,1-3H3. The van der Waals surface area contributed by atoms with E-state index in [0.29, 0.717) is 6.04 Å². The first-order valence-corrected chi connectivity index (χ1v) is 7.97. The Morgan fingerprint density at radius 2 is 1.95 bits per heavy atom. The van der Waals surface area contributed by atoms with Crippen molar-refractivity contribution in [2.75, 3.05) is 13.1 Å². The molecule has 0 radical (unpaired) electrons. The van der Waals surface area contributed by atoms with Crippen molar-refractivity contribution in [3.63, 3.8) is 0 Å². The molecule has 1 aromatic rings. The summed E-state index contributed by atoms with van der Waals surface area (Å²) >= 11 is 3.49. The smallest absolute Gasteiger partial charge is 0.0237 e. The summed E-state index contributed by atoms with van der Waals surface area (Å²) < 4.78 is 1.16. The molecule has 106 valence electrons. The molecule has 1 unspecified atom stereocenters. The van der Waals surface area contributed by atoms with Crippen molar-refractivity contribution >= 4 is 15.9 Å². The topological polar surface area (TPSA) is 15.3 Å². The molecule has 1 aromatic carbocycles. The maximum Gasteiger partial charge on any atom is 0.0237 e. The second kappa shape index (κ2) is 6.38. The fourth-order valence-corrected chi connectivity index (χ4v) is 2.85. The van der Waals surface area contributed by atoms with Gasteiger partial charge < -0.3 is 5.32 Å². The fourth-order valence-electron chi connectivity index (χ4n) is 2.58. The van der Waals surface area contributed by atoms with E-state index in [-0.39, 0.29) is 5.54 Å². The van der Waals surface area contributed by atoms with Crippen LogP contribution in [0.25, 0.3) is 0 Å². The van der Waals surface area contributed by atoms with E-state index in [1.54, 1.807) is 0 Å². The molecular formula is C16H25BrN2. The van der Waals surface area contributed by atoms with Crippen LogP contribution in [0.1, 0.15) is 39.2 Å². The molecule has 1 atom stereocenters. The lowest BCUT2D eigenvalue weighted by Crippen LogP contribution is -2.44. The maximum absolute atomic E-state index is 3.64. The van der Waals surface area contributed by atoms with Gasteiger partial charge in [0.2, 0.25) is 0 Å². The summed E-state index contributed by atoms with van der Waals surface area (Å²) in [6, 6.07) is 9.39. The third kappa shape index (κ3) is 4.90. The zero-order valence-electron chi connectivity index (χ0n) is 12.2. The van der Waals surface area contributed by atoms with Crippen molar-refractivity contribution in [1.29, 1.82) is 0 Å². The lowest BCUT2D eigenvalue weighted by atomic mass is 10.1. The van der Waals surface area contributed by atoms with Gasteiger partial charge in [0.05, 0.1) is 0 Å². The minimum absolute atomic E-state index is 0.214. The van der Waals surface area contributed by atoms with Crippen LogP contribution < -0.4 is 5.32 Å². The summed E-state index contributed by atoms with van der Waals surface area (Å²) in [7, 11) is 0. The van der Waals surface area contributed by atoms with E-state index in [1.165, 1.54) is 24.9 Å². The Hall–Kier alpha value is -0.380. The number of halogens is 1. The van der Waals surface area contributed by atoms with Crippen LogP contribution in [0, 0.1) is 0 Å². The molecule has 1 N–H and O–H groups in total. The maximum atomic E-state index is 3.64. The van der Waals surface area contributed by atoms with E-state index in [4.69, 9.17) is 0 Å². The SMILES string of the molecule is CC(C)(C)NCC1CCCN1Cc1ccc(Br)cc1. The van der Waals surface area contributed by atoms with Gasteiger partial charge in [0.1, 0.15) is 0 Å². The van der Waals surface area contributed by atoms with Gasteiger partial charge in [-0.2, -0.15) is 0 Å². The van der Waals surface area contributed by atoms with E-state index in [1.807, 2.05) is 0 Å². The summed E-state index contributed by atoms with van der Waals surface area (Å²) in [6.07, 6.45) is 2.65. The van der Waals surface area contributed by atoms with Gasteiger partial charge in [-0.25, -0.2) is 0 Å². The van der Waals surface area contributed by atoms with Gasteiger partial charge in [0.25, 0.3) is 0 Å². The monoisotopic (exact) mass is 324 g/mol. The Morgan fingerprint density at radius 1 is 1.26 bits per heavy atom. The van der Waals surface area contributed by atoms with Crippen molar-refractivity contribution in [2.24, 2.45) is 0 Å². The third-order valence-electron chi connectivity index (χ3n) is 3.67. The first kappa shape index (κ1) is 15.0. The number of likely N-dealkylation sites (tertiary alicyclic amines) is 1. The van der Waals surface area contributed by atoms with Crippen LogP contribution in [0.5, 0.6) is 0 Å². The molecule has 1 aliphatic rings. The molecule has 3 heteroatoms. The van der Waals surface area contributed by atoms with Crippen LogP contribution in [-0.4, -0.2) is 29.6 Å². The van der Waals surface area contributed by atoms with E-state index in [9.17, 15) is 0 Å². The first-order valence-electron chi connectivity index (χ1n) is 7.17. The minimum Gasteiger partial charge on any atom is -0.311 e. The average Bonchev–Trinajstić information content (AvgIpc) is 2.76. The second-order valence-corrected chi connectivity index (χ2v) is 7.44. The Balaban J connectivity index is 1.90. The van der Waals surface area contributed by atoms with Gasteiger partial charge in [0.15, 0.2) is 0 Å². The lowest BCUT2D eigenvalue weighted by molar-refractivity contribution is 0.226. The zero-order chi connectivity index (χ0) is 13.9. The van der Waals surface area contributed by atoms with Crippen LogP contribution in [0.4, 0.5) is 0 Å². The van der Waals surface area contributed by atoms with E-state index < -0.39 is 0 Å². The number of nitrogens with one attached hydrogen (secondary N) is 1. The number of benzene rings is 1. The van der Waals surface area contributed by atoms with E-state index in [2.05, 4.69) is 71.2 Å². The number of nitrogens with zero attached hydrogens (tertiary/aromatic N) is 1. The molecule has 1 fully saturated rings. The van der Waals surface area contributed by atoms with Crippen LogP contribution in [0.2, 0.25) is 0 Å². The minimum atomic E-state index is 0.214. The highest BCUT2D eigenvalue weighted by molar-refractivity contribution is 9.10. The number of rotatable bonds is 4. The Morgan fingerprint density at radius 3 is 2.58 bits per heavy atom. The fraction of sp³-hybridized carbons (Fsp3) is 0.625. The molecule has 0 spiro atoms. The number of hydrogen-bond donors (Lipinski definition) is 1. The average molecular weight is 325 g/mol. The van der Waals surface area contributed by atoms with Gasteiger partial charge in [-0.15, -0.1) is 0 Å². The summed E-state index contributed by atoms with van der Waals surface area (Å²) in [5, 5.41) is 3.64. The van der Waals surface area contributed by atoms with Crippen molar-refractivity contribution in [2.45, 2.75) is 51.7 Å². The number of hydrogen-bond acceptors (Lipinski definition) is 2. The van der Waals surface area contributed by atoms with Gasteiger partial charge in [-0.3, -0.25) is 4.90 Å². The molecule has 1 saturated heterocycles. The lowest BCUT2D eigenvalue weighted by Gasteiger charge is -2.29. The molecule has 0 aliphatic carbocycles. The highest BCUT2D eigenvalue weighted by Crippen LogP contribution is 2.21. The first-order chi connectivity index (χ1) is 8.94. The van der Waals surface area contributed by atoms with Crippen LogP contribution >= 0.6 is 15.9 Å². The zero-order valence-corrected chi connectivity index (χ0v) is 13.8. The van der Waals surface area contributed by atoms with Crippen molar-refractivity contribution in [3.8, 4) is 0 Å². The molecule has 2 rings (SSSR count). The molecule has 1 heterocycles. The molecule has 0 saturated carbocycles. The highest BCUT2D eigenvalue weighted by Gasteiger charge is 2.25. The molecular weight excluding hydrogens is 300 g/mol. The highest BCUT2D eigenvalue weighted by atomic mass is 79.9. The quantitative estimate of drug-likeness (QED) is 0.906. The summed E-state index contributed by atoms with van der Waals surface area (Å²) in [6.45, 7) is 10.1. The predicted molar refractivity (Wildman–Crippen MR) is 85.3 cm³/mol. The molecule has 0 amide bonds. The van der Waals surface area contributed by atoms with Gasteiger partial charge in [-0.1, -0.05) is 28.1 Å². The molecule has 1 aliphatic heterocycles. The largest absolute Gasteiger partial charge is 0.311 e. The van der Waals surface area contributed by atoms with Crippen molar-refractivity contribution < 1.29 is 0 Å². The van der Waals surface area contributed by atoms with Gasteiger partial charge in [0, 0.05) is 29.1 Å². The normalized spacial score (nSPS) is 20.9. The predicted octanol–water partition coefficient (Wildman–Crippen LogP) is 3.80. The third-order valence-corrected chi connectivity index (χ3v) is 4.19. The molecule has 0 aromatic heterocycles. The van der Waals surface area contributed by atoms with Crippen LogP contribution in [0.3, 0.4) is 0 Å². The van der Waals surface area contributed by atoms with Gasteiger partial charge >= 0.3 is 0 Å². The van der Waals surface area contributed by atoms with E-state index in [0.717, 1.165) is 17.6 Å². The van der Waals surface area contributed by atoms with Crippen molar-refractivity contribution in [3.05, 3.63) is 34.3 Å². The molecule has 0 bridgehead atoms. The van der Waals surface area contributed by atoms with Gasteiger partial charge in [-0.05, 0) is 57.9 Å². The molecule has 19 heavy (non-hydrogen) atoms. The van der Waals surface area contributed by atoms with E-state index >= 15 is 0 Å². The Labute approximate surface area is 125 Å². The summed E-state index contributed by atoms with van der Waals surface area (Å²) in [5.74, 6) is 0. The second-order valence-electron chi connectivity index (χ2n) is 6.52. The summed E-state index contributed by atoms with van der Waals surface area (Å²) in [5.41, 5.74) is 1.62. The Kier molecular flexibility index (Phi) is 5.04. The van der Waals surface area contributed by atoms with Crippen molar-refractivity contribution in [1.82, 2.24) is 10.2 Å². The van der Waals surface area contributed by atoms with Crippen LogP contribution in [-0.2, 0) is 6.54 Å². The Bertz CT molecular complexity index is 394.